The number of rotatable bonds is 7. The van der Waals surface area contributed by atoms with Crippen LogP contribution in [0.2, 0.25) is 0 Å². The highest BCUT2D eigenvalue weighted by molar-refractivity contribution is 5.78. The zero-order chi connectivity index (χ0) is 20.6. The largest absolute Gasteiger partial charge is 0.497 e. The molecule has 3 rings (SSSR count). The third kappa shape index (κ3) is 5.94. The maximum Gasteiger partial charge on any atom is 0.317 e. The van der Waals surface area contributed by atoms with Crippen molar-refractivity contribution in [3.63, 3.8) is 0 Å². The van der Waals surface area contributed by atoms with E-state index in [9.17, 15) is 9.59 Å². The molecular formula is C22H28N4O3. The average Bonchev–Trinajstić information content (AvgIpc) is 2.74. The van der Waals surface area contributed by atoms with Crippen LogP contribution >= 0.6 is 0 Å². The van der Waals surface area contributed by atoms with Crippen molar-refractivity contribution in [1.82, 2.24) is 20.1 Å². The van der Waals surface area contributed by atoms with Crippen LogP contribution in [-0.4, -0.2) is 60.0 Å². The zero-order valence-corrected chi connectivity index (χ0v) is 17.0. The highest BCUT2D eigenvalue weighted by Gasteiger charge is 2.25. The van der Waals surface area contributed by atoms with E-state index in [2.05, 4.69) is 10.3 Å². The molecule has 2 aromatic rings. The second kappa shape index (κ2) is 9.91. The zero-order valence-electron chi connectivity index (χ0n) is 17.0. The van der Waals surface area contributed by atoms with E-state index in [-0.39, 0.29) is 18.0 Å². The van der Waals surface area contributed by atoms with Gasteiger partial charge in [0.1, 0.15) is 5.75 Å². The van der Waals surface area contributed by atoms with Crippen LogP contribution in [0.15, 0.2) is 48.8 Å². The summed E-state index contributed by atoms with van der Waals surface area (Å²) in [5.74, 6) is 0.944. The van der Waals surface area contributed by atoms with E-state index >= 15 is 0 Å². The van der Waals surface area contributed by atoms with Crippen molar-refractivity contribution in [3.05, 3.63) is 59.9 Å². The maximum absolute atomic E-state index is 13.0. The van der Waals surface area contributed by atoms with Crippen LogP contribution in [0.4, 0.5) is 4.79 Å². The fourth-order valence-electron chi connectivity index (χ4n) is 3.41. The Morgan fingerprint density at radius 2 is 1.93 bits per heavy atom. The van der Waals surface area contributed by atoms with Gasteiger partial charge in [0.05, 0.1) is 7.11 Å². The van der Waals surface area contributed by atoms with E-state index in [4.69, 9.17) is 4.74 Å². The summed E-state index contributed by atoms with van der Waals surface area (Å²) in [4.78, 5) is 32.2. The van der Waals surface area contributed by atoms with Gasteiger partial charge in [0.15, 0.2) is 0 Å². The Morgan fingerprint density at radius 1 is 1.21 bits per heavy atom. The molecule has 1 aliphatic heterocycles. The van der Waals surface area contributed by atoms with Gasteiger partial charge in [0.2, 0.25) is 5.91 Å². The third-order valence-electron chi connectivity index (χ3n) is 5.19. The van der Waals surface area contributed by atoms with E-state index in [1.165, 1.54) is 0 Å². The van der Waals surface area contributed by atoms with Crippen LogP contribution < -0.4 is 10.1 Å². The number of ether oxygens (including phenoxy) is 1. The first kappa shape index (κ1) is 20.6. The normalized spacial score (nSPS) is 16.4. The van der Waals surface area contributed by atoms with Crippen molar-refractivity contribution in [1.29, 1.82) is 0 Å². The SMILES string of the molecule is COc1ccc(CCN(Cc2ccncc2)C(=O)NC2CCC(=O)N(C)C2)cc1. The fraction of sp³-hybridized carbons (Fsp3) is 0.409. The van der Waals surface area contributed by atoms with Crippen molar-refractivity contribution < 1.29 is 14.3 Å². The van der Waals surface area contributed by atoms with Crippen molar-refractivity contribution in [2.45, 2.75) is 31.8 Å². The minimum absolute atomic E-state index is 0.0221. The molecule has 29 heavy (non-hydrogen) atoms. The quantitative estimate of drug-likeness (QED) is 0.780. The van der Waals surface area contributed by atoms with Crippen LogP contribution in [0.3, 0.4) is 0 Å². The highest BCUT2D eigenvalue weighted by atomic mass is 16.5. The summed E-state index contributed by atoms with van der Waals surface area (Å²) in [6.07, 6.45) is 5.35. The molecule has 0 saturated carbocycles. The summed E-state index contributed by atoms with van der Waals surface area (Å²) in [6, 6.07) is 11.6. The lowest BCUT2D eigenvalue weighted by atomic mass is 10.1. The molecule has 154 valence electrons. The third-order valence-corrected chi connectivity index (χ3v) is 5.19. The van der Waals surface area contributed by atoms with Crippen LogP contribution in [0.25, 0.3) is 0 Å². The van der Waals surface area contributed by atoms with E-state index in [1.54, 1.807) is 31.5 Å². The summed E-state index contributed by atoms with van der Waals surface area (Å²) in [6.45, 7) is 1.64. The van der Waals surface area contributed by atoms with Gasteiger partial charge in [-0.15, -0.1) is 0 Å². The lowest BCUT2D eigenvalue weighted by molar-refractivity contribution is -0.132. The number of methoxy groups -OCH3 is 1. The number of likely N-dealkylation sites (tertiary alicyclic amines) is 1. The number of urea groups is 1. The van der Waals surface area contributed by atoms with E-state index in [0.29, 0.717) is 32.5 Å². The van der Waals surface area contributed by atoms with E-state index in [1.807, 2.05) is 41.3 Å². The summed E-state index contributed by atoms with van der Waals surface area (Å²) >= 11 is 0. The molecule has 0 spiro atoms. The molecule has 0 radical (unpaired) electrons. The van der Waals surface area contributed by atoms with Crippen molar-refractivity contribution in [2.24, 2.45) is 0 Å². The Hall–Kier alpha value is -3.09. The number of amides is 3. The predicted molar refractivity (Wildman–Crippen MR) is 111 cm³/mol. The molecule has 2 heterocycles. The topological polar surface area (TPSA) is 74.8 Å². The molecule has 1 atom stereocenters. The maximum atomic E-state index is 13.0. The molecule has 1 N–H and O–H groups in total. The Kier molecular flexibility index (Phi) is 7.05. The second-order valence-corrected chi connectivity index (χ2v) is 7.33. The lowest BCUT2D eigenvalue weighted by Gasteiger charge is -2.32. The Labute approximate surface area is 171 Å². The second-order valence-electron chi connectivity index (χ2n) is 7.33. The summed E-state index contributed by atoms with van der Waals surface area (Å²) in [5, 5.41) is 3.10. The lowest BCUT2D eigenvalue weighted by Crippen LogP contribution is -2.52. The van der Waals surface area contributed by atoms with E-state index < -0.39 is 0 Å². The van der Waals surface area contributed by atoms with Gasteiger partial charge in [-0.05, 0) is 48.2 Å². The molecule has 0 aliphatic carbocycles. The van der Waals surface area contributed by atoms with Gasteiger partial charge >= 0.3 is 6.03 Å². The standard InChI is InChI=1S/C22H28N4O3/c1-25-16-19(5-8-21(25)27)24-22(28)26(15-18-9-12-23-13-10-18)14-11-17-3-6-20(29-2)7-4-17/h3-4,6-7,9-10,12-13,19H,5,8,11,14-16H2,1-2H3,(H,24,28). The fourth-order valence-corrected chi connectivity index (χ4v) is 3.41. The first-order chi connectivity index (χ1) is 14.0. The van der Waals surface area contributed by atoms with Crippen LogP contribution in [0.1, 0.15) is 24.0 Å². The van der Waals surface area contributed by atoms with Crippen molar-refractivity contribution in [2.75, 3.05) is 27.2 Å². The van der Waals surface area contributed by atoms with Gasteiger partial charge < -0.3 is 19.9 Å². The molecule has 1 unspecified atom stereocenters. The Bertz CT molecular complexity index is 811. The number of nitrogens with zero attached hydrogens (tertiary/aromatic N) is 3. The van der Waals surface area contributed by atoms with Crippen LogP contribution in [0.5, 0.6) is 5.75 Å². The number of hydrogen-bond donors (Lipinski definition) is 1. The molecule has 0 bridgehead atoms. The molecule has 1 aromatic heterocycles. The van der Waals surface area contributed by atoms with Crippen LogP contribution in [0, 0.1) is 0 Å². The van der Waals surface area contributed by atoms with Crippen molar-refractivity contribution in [3.8, 4) is 5.75 Å². The molecule has 3 amide bonds. The minimum Gasteiger partial charge on any atom is -0.497 e. The summed E-state index contributed by atoms with van der Waals surface area (Å²) in [7, 11) is 3.42. The summed E-state index contributed by atoms with van der Waals surface area (Å²) in [5.41, 5.74) is 2.17. The monoisotopic (exact) mass is 396 g/mol. The van der Waals surface area contributed by atoms with Gasteiger partial charge in [-0.3, -0.25) is 9.78 Å². The number of nitrogens with one attached hydrogen (secondary N) is 1. The van der Waals surface area contributed by atoms with Crippen molar-refractivity contribution >= 4 is 11.9 Å². The number of likely N-dealkylation sites (N-methyl/N-ethyl adjacent to an activating group) is 1. The number of hydrogen-bond acceptors (Lipinski definition) is 4. The number of piperidine rings is 1. The molecule has 1 aliphatic rings. The predicted octanol–water partition coefficient (Wildman–Crippen LogP) is 2.47. The number of carbonyl (C=O) groups is 2. The molecule has 1 fully saturated rings. The van der Waals surface area contributed by atoms with E-state index in [0.717, 1.165) is 23.3 Å². The molecule has 1 aromatic carbocycles. The first-order valence-corrected chi connectivity index (χ1v) is 9.86. The molecule has 7 heteroatoms. The minimum atomic E-state index is -0.108. The van der Waals surface area contributed by atoms with Gasteiger partial charge in [-0.1, -0.05) is 12.1 Å². The van der Waals surface area contributed by atoms with Gasteiger partial charge in [-0.2, -0.15) is 0 Å². The molecule has 1 saturated heterocycles. The smallest absolute Gasteiger partial charge is 0.317 e. The summed E-state index contributed by atoms with van der Waals surface area (Å²) < 4.78 is 5.20. The molecular weight excluding hydrogens is 368 g/mol. The highest BCUT2D eigenvalue weighted by Crippen LogP contribution is 2.14. The molecule has 7 nitrogen and oxygen atoms in total. The Morgan fingerprint density at radius 3 is 2.59 bits per heavy atom. The Balaban J connectivity index is 1.64. The first-order valence-electron chi connectivity index (χ1n) is 9.86. The number of carbonyl (C=O) groups excluding carboxylic acids is 2. The van der Waals surface area contributed by atoms with Gasteiger partial charge in [0, 0.05) is 51.5 Å². The number of pyridine rings is 1. The van der Waals surface area contributed by atoms with Gasteiger partial charge in [-0.25, -0.2) is 4.79 Å². The number of benzene rings is 1. The van der Waals surface area contributed by atoms with Gasteiger partial charge in [0.25, 0.3) is 0 Å². The average molecular weight is 396 g/mol. The van der Waals surface area contributed by atoms with Crippen LogP contribution in [-0.2, 0) is 17.8 Å². The number of aromatic nitrogens is 1.